The molecule has 0 aliphatic heterocycles. The summed E-state index contributed by atoms with van der Waals surface area (Å²) >= 11 is 15.0. The van der Waals surface area contributed by atoms with E-state index in [2.05, 4.69) is 26.0 Å². The van der Waals surface area contributed by atoms with Crippen molar-refractivity contribution in [2.24, 2.45) is 0 Å². The highest BCUT2D eigenvalue weighted by Crippen LogP contribution is 2.32. The van der Waals surface area contributed by atoms with Crippen LogP contribution in [0, 0.1) is 5.82 Å². The molecule has 0 aliphatic rings. The molecule has 2 aromatic carbocycles. The molecule has 2 N–H and O–H groups in total. The summed E-state index contributed by atoms with van der Waals surface area (Å²) in [5.41, 5.74) is 0.334. The van der Waals surface area contributed by atoms with Crippen LogP contribution in [0.4, 0.5) is 10.1 Å². The molecule has 0 heterocycles. The van der Waals surface area contributed by atoms with Gasteiger partial charge in [-0.15, -0.1) is 0 Å². The molecule has 0 aliphatic carbocycles. The number of hydrogen-bond acceptors (Lipinski definition) is 3. The molecule has 2 rings (SSSR count). The van der Waals surface area contributed by atoms with E-state index in [-0.39, 0.29) is 14.9 Å². The molecule has 0 aromatic heterocycles. The number of nitrogens with one attached hydrogen (secondary N) is 2. The first-order valence-electron chi connectivity index (χ1n) is 6.38. The zero-order valence-electron chi connectivity index (χ0n) is 11.8. The maximum Gasteiger partial charge on any atom is 0.244 e. The normalized spacial score (nSPS) is 11.3. The highest BCUT2D eigenvalue weighted by Gasteiger charge is 2.23. The molecular weight excluding hydrogens is 446 g/mol. The minimum atomic E-state index is -4.09. The van der Waals surface area contributed by atoms with Gasteiger partial charge in [-0.1, -0.05) is 39.1 Å². The van der Waals surface area contributed by atoms with E-state index in [0.717, 1.165) is 0 Å². The van der Waals surface area contributed by atoms with Gasteiger partial charge in [0.2, 0.25) is 15.9 Å². The number of carbonyl (C=O) groups is 1. The monoisotopic (exact) mass is 454 g/mol. The lowest BCUT2D eigenvalue weighted by Crippen LogP contribution is -2.33. The van der Waals surface area contributed by atoms with Gasteiger partial charge < -0.3 is 5.32 Å². The van der Waals surface area contributed by atoms with Gasteiger partial charge >= 0.3 is 0 Å². The molecule has 0 atom stereocenters. The van der Waals surface area contributed by atoms with Gasteiger partial charge in [0.1, 0.15) is 10.7 Å². The van der Waals surface area contributed by atoms with E-state index in [1.165, 1.54) is 36.4 Å². The molecule has 1 amide bonds. The molecule has 0 unspecified atom stereocenters. The van der Waals surface area contributed by atoms with E-state index in [0.29, 0.717) is 10.2 Å². The van der Waals surface area contributed by atoms with E-state index in [9.17, 15) is 17.6 Å². The third kappa shape index (κ3) is 4.90. The van der Waals surface area contributed by atoms with Crippen LogP contribution in [0.15, 0.2) is 45.8 Å². The van der Waals surface area contributed by atoms with Gasteiger partial charge in [0, 0.05) is 10.2 Å². The number of benzene rings is 2. The molecule has 128 valence electrons. The lowest BCUT2D eigenvalue weighted by atomic mass is 10.3. The van der Waals surface area contributed by atoms with Gasteiger partial charge in [-0.25, -0.2) is 17.5 Å². The molecule has 0 bridgehead atoms. The Hall–Kier alpha value is -1.19. The fraction of sp³-hybridized carbons (Fsp3) is 0.0714. The number of sulfonamides is 1. The predicted molar refractivity (Wildman–Crippen MR) is 94.4 cm³/mol. The zero-order valence-corrected chi connectivity index (χ0v) is 15.7. The molecule has 24 heavy (non-hydrogen) atoms. The van der Waals surface area contributed by atoms with Crippen LogP contribution in [0.1, 0.15) is 0 Å². The number of hydrogen-bond donors (Lipinski definition) is 2. The largest absolute Gasteiger partial charge is 0.325 e. The van der Waals surface area contributed by atoms with Gasteiger partial charge in [0.05, 0.1) is 16.6 Å². The van der Waals surface area contributed by atoms with Crippen LogP contribution in [-0.4, -0.2) is 20.9 Å². The van der Waals surface area contributed by atoms with Crippen molar-refractivity contribution in [1.29, 1.82) is 0 Å². The van der Waals surface area contributed by atoms with Crippen LogP contribution < -0.4 is 10.0 Å². The molecule has 0 spiro atoms. The van der Waals surface area contributed by atoms with Crippen LogP contribution in [0.25, 0.3) is 0 Å². The summed E-state index contributed by atoms with van der Waals surface area (Å²) in [4.78, 5) is 11.5. The van der Waals surface area contributed by atoms with Crippen molar-refractivity contribution in [3.8, 4) is 0 Å². The van der Waals surface area contributed by atoms with Crippen molar-refractivity contribution in [2.45, 2.75) is 4.90 Å². The summed E-state index contributed by atoms with van der Waals surface area (Å²) in [5, 5.41) is 2.26. The van der Waals surface area contributed by atoms with E-state index in [4.69, 9.17) is 23.2 Å². The van der Waals surface area contributed by atoms with Crippen molar-refractivity contribution in [3.63, 3.8) is 0 Å². The smallest absolute Gasteiger partial charge is 0.244 e. The average molecular weight is 456 g/mol. The quantitative estimate of drug-likeness (QED) is 0.719. The molecular formula is C14H10BrCl2FN2O3S. The standard InChI is InChI=1S/C14H10BrCl2FN2O3S/c15-8-5-11(16)14(12(17)6-8)24(22,23)19-7-13(21)20-10-3-1-9(18)2-4-10/h1-6,19H,7H2,(H,20,21). The lowest BCUT2D eigenvalue weighted by molar-refractivity contribution is -0.115. The number of anilines is 1. The fourth-order valence-corrected chi connectivity index (χ4v) is 4.67. The predicted octanol–water partition coefficient (Wildman–Crippen LogP) is 3.81. The first-order valence-corrected chi connectivity index (χ1v) is 9.42. The average Bonchev–Trinajstić information content (AvgIpc) is 2.46. The van der Waals surface area contributed by atoms with Crippen LogP contribution >= 0.6 is 39.1 Å². The van der Waals surface area contributed by atoms with Crippen molar-refractivity contribution < 1.29 is 17.6 Å². The van der Waals surface area contributed by atoms with Crippen LogP contribution in [0.2, 0.25) is 10.0 Å². The SMILES string of the molecule is O=C(CNS(=O)(=O)c1c(Cl)cc(Br)cc1Cl)Nc1ccc(F)cc1. The Kier molecular flexibility index (Phi) is 6.22. The van der Waals surface area contributed by atoms with E-state index < -0.39 is 28.3 Å². The van der Waals surface area contributed by atoms with Crippen LogP contribution in [-0.2, 0) is 14.8 Å². The molecule has 0 saturated carbocycles. The summed E-state index contributed by atoms with van der Waals surface area (Å²) in [7, 11) is -4.09. The van der Waals surface area contributed by atoms with Crippen molar-refractivity contribution >= 4 is 60.7 Å². The molecule has 10 heteroatoms. The molecule has 0 saturated heterocycles. The third-order valence-corrected chi connectivity index (χ3v) is 5.56. The van der Waals surface area contributed by atoms with Crippen molar-refractivity contribution in [1.82, 2.24) is 4.72 Å². The summed E-state index contributed by atoms with van der Waals surface area (Å²) < 4.78 is 39.9. The van der Waals surface area contributed by atoms with Crippen LogP contribution in [0.5, 0.6) is 0 Å². The highest BCUT2D eigenvalue weighted by atomic mass is 79.9. The zero-order chi connectivity index (χ0) is 17.9. The second-order valence-electron chi connectivity index (χ2n) is 4.58. The Labute approximate surface area is 156 Å². The van der Waals surface area contributed by atoms with E-state index in [1.54, 1.807) is 0 Å². The lowest BCUT2D eigenvalue weighted by Gasteiger charge is -2.11. The first-order chi connectivity index (χ1) is 11.2. The van der Waals surface area contributed by atoms with Gasteiger partial charge in [0.25, 0.3) is 0 Å². The minimum absolute atomic E-state index is 0.0826. The summed E-state index contributed by atoms with van der Waals surface area (Å²) in [6.07, 6.45) is 0. The number of rotatable bonds is 5. The molecule has 0 fully saturated rings. The summed E-state index contributed by atoms with van der Waals surface area (Å²) in [5.74, 6) is -1.08. The van der Waals surface area contributed by atoms with Crippen molar-refractivity contribution in [2.75, 3.05) is 11.9 Å². The Morgan fingerprint density at radius 2 is 1.67 bits per heavy atom. The van der Waals surface area contributed by atoms with Gasteiger partial charge in [-0.05, 0) is 36.4 Å². The van der Waals surface area contributed by atoms with E-state index in [1.807, 2.05) is 0 Å². The number of carbonyl (C=O) groups excluding carboxylic acids is 1. The summed E-state index contributed by atoms with van der Waals surface area (Å²) in [6, 6.07) is 7.79. The Morgan fingerprint density at radius 3 is 2.21 bits per heavy atom. The number of amides is 1. The molecule has 2 aromatic rings. The van der Waals surface area contributed by atoms with Crippen LogP contribution in [0.3, 0.4) is 0 Å². The topological polar surface area (TPSA) is 75.3 Å². The fourth-order valence-electron chi connectivity index (χ4n) is 1.76. The molecule has 5 nitrogen and oxygen atoms in total. The Balaban J connectivity index is 2.07. The maximum absolute atomic E-state index is 12.8. The van der Waals surface area contributed by atoms with Crippen molar-refractivity contribution in [3.05, 3.63) is 56.7 Å². The second kappa shape index (κ2) is 7.79. The Bertz CT molecular complexity index is 853. The van der Waals surface area contributed by atoms with Gasteiger partial charge in [0.15, 0.2) is 0 Å². The van der Waals surface area contributed by atoms with Gasteiger partial charge in [-0.3, -0.25) is 4.79 Å². The van der Waals surface area contributed by atoms with Gasteiger partial charge in [-0.2, -0.15) is 0 Å². The third-order valence-electron chi connectivity index (χ3n) is 2.78. The number of halogens is 4. The minimum Gasteiger partial charge on any atom is -0.325 e. The second-order valence-corrected chi connectivity index (χ2v) is 8.01. The maximum atomic E-state index is 12.8. The first kappa shape index (κ1) is 19.1. The summed E-state index contributed by atoms with van der Waals surface area (Å²) in [6.45, 7) is -0.539. The Morgan fingerprint density at radius 1 is 1.12 bits per heavy atom. The highest BCUT2D eigenvalue weighted by molar-refractivity contribution is 9.10. The van der Waals surface area contributed by atoms with E-state index >= 15 is 0 Å². The molecule has 0 radical (unpaired) electrons.